The second kappa shape index (κ2) is 4.16. The molecule has 0 aliphatic rings. The highest BCUT2D eigenvalue weighted by molar-refractivity contribution is 5.85. The van der Waals surface area contributed by atoms with Crippen LogP contribution >= 0.6 is 12.4 Å². The Bertz CT molecular complexity index is 237. The van der Waals surface area contributed by atoms with E-state index in [0.717, 1.165) is 11.1 Å². The minimum absolute atomic E-state index is 0. The average molecular weight is 174 g/mol. The largest absolute Gasteiger partial charge is 0.383 e. The topological polar surface area (TPSA) is 64.9 Å². The summed E-state index contributed by atoms with van der Waals surface area (Å²) in [5.74, 6) is 0.581. The van der Waals surface area contributed by atoms with Gasteiger partial charge < -0.3 is 11.5 Å². The predicted molar refractivity (Wildman–Crippen MR) is 48.5 cm³/mol. The molecular weight excluding hydrogens is 162 g/mol. The first kappa shape index (κ1) is 10.2. The Balaban J connectivity index is 0.000001000. The van der Waals surface area contributed by atoms with Crippen molar-refractivity contribution in [3.8, 4) is 0 Å². The maximum Gasteiger partial charge on any atom is 0.126 e. The van der Waals surface area contributed by atoms with Crippen LogP contribution < -0.4 is 11.5 Å². The van der Waals surface area contributed by atoms with Gasteiger partial charge in [0, 0.05) is 12.7 Å². The Labute approximate surface area is 72.2 Å². The molecule has 4 N–H and O–H groups in total. The second-order valence-corrected chi connectivity index (χ2v) is 2.25. The molecule has 0 amide bonds. The van der Waals surface area contributed by atoms with Gasteiger partial charge in [0.2, 0.25) is 0 Å². The van der Waals surface area contributed by atoms with E-state index in [1.165, 1.54) is 0 Å². The molecule has 1 aromatic rings. The van der Waals surface area contributed by atoms with Crippen molar-refractivity contribution in [1.29, 1.82) is 0 Å². The third-order valence-electron chi connectivity index (χ3n) is 1.41. The molecule has 0 aliphatic carbocycles. The number of aryl methyl sites for hydroxylation is 1. The molecule has 11 heavy (non-hydrogen) atoms. The molecule has 62 valence electrons. The van der Waals surface area contributed by atoms with E-state index in [-0.39, 0.29) is 12.4 Å². The highest BCUT2D eigenvalue weighted by Crippen LogP contribution is 2.07. The van der Waals surface area contributed by atoms with Crippen molar-refractivity contribution in [3.63, 3.8) is 0 Å². The van der Waals surface area contributed by atoms with Crippen molar-refractivity contribution in [1.82, 2.24) is 4.98 Å². The van der Waals surface area contributed by atoms with E-state index in [1.54, 1.807) is 6.20 Å². The first-order valence-corrected chi connectivity index (χ1v) is 3.15. The van der Waals surface area contributed by atoms with E-state index in [2.05, 4.69) is 4.98 Å². The number of rotatable bonds is 1. The van der Waals surface area contributed by atoms with E-state index >= 15 is 0 Å². The van der Waals surface area contributed by atoms with Gasteiger partial charge in [0.25, 0.3) is 0 Å². The highest BCUT2D eigenvalue weighted by atomic mass is 35.5. The number of nitrogens with zero attached hydrogens (tertiary/aromatic N) is 1. The standard InChI is InChI=1S/C7H11N3.ClH/c1-5-2-6(3-8)4-10-7(5)9;/h2,4H,3,8H2,1H3,(H2,9,10);1H. The minimum Gasteiger partial charge on any atom is -0.383 e. The number of halogens is 1. The van der Waals surface area contributed by atoms with Gasteiger partial charge >= 0.3 is 0 Å². The molecule has 0 radical (unpaired) electrons. The van der Waals surface area contributed by atoms with Gasteiger partial charge in [0.1, 0.15) is 5.82 Å². The van der Waals surface area contributed by atoms with Gasteiger partial charge in [0.15, 0.2) is 0 Å². The Kier molecular flexibility index (Phi) is 3.85. The summed E-state index contributed by atoms with van der Waals surface area (Å²) in [7, 11) is 0. The van der Waals surface area contributed by atoms with Gasteiger partial charge in [-0.2, -0.15) is 0 Å². The molecule has 1 aromatic heterocycles. The molecule has 0 aliphatic heterocycles. The van der Waals surface area contributed by atoms with E-state index in [0.29, 0.717) is 12.4 Å². The molecule has 0 saturated heterocycles. The molecule has 4 heteroatoms. The van der Waals surface area contributed by atoms with E-state index in [4.69, 9.17) is 11.5 Å². The van der Waals surface area contributed by atoms with Crippen molar-refractivity contribution in [3.05, 3.63) is 23.4 Å². The summed E-state index contributed by atoms with van der Waals surface area (Å²) >= 11 is 0. The predicted octanol–water partition coefficient (Wildman–Crippen LogP) is 0.853. The first-order valence-electron chi connectivity index (χ1n) is 3.15. The monoisotopic (exact) mass is 173 g/mol. The first-order chi connectivity index (χ1) is 4.74. The van der Waals surface area contributed by atoms with Crippen molar-refractivity contribution in [2.45, 2.75) is 13.5 Å². The van der Waals surface area contributed by atoms with E-state index < -0.39 is 0 Å². The van der Waals surface area contributed by atoms with Crippen molar-refractivity contribution in [2.75, 3.05) is 5.73 Å². The third kappa shape index (κ3) is 2.37. The van der Waals surface area contributed by atoms with E-state index in [1.807, 2.05) is 13.0 Å². The highest BCUT2D eigenvalue weighted by Gasteiger charge is 1.94. The van der Waals surface area contributed by atoms with Crippen molar-refractivity contribution >= 4 is 18.2 Å². The lowest BCUT2D eigenvalue weighted by molar-refractivity contribution is 1.04. The SMILES string of the molecule is Cc1cc(CN)cnc1N.Cl. The lowest BCUT2D eigenvalue weighted by Gasteiger charge is -1.99. The van der Waals surface area contributed by atoms with Crippen LogP contribution in [-0.4, -0.2) is 4.98 Å². The van der Waals surface area contributed by atoms with Crippen molar-refractivity contribution in [2.24, 2.45) is 5.73 Å². The molecule has 1 rings (SSSR count). The summed E-state index contributed by atoms with van der Waals surface area (Å²) in [6.07, 6.45) is 1.70. The van der Waals surface area contributed by atoms with Gasteiger partial charge in [-0.3, -0.25) is 0 Å². The fourth-order valence-corrected chi connectivity index (χ4v) is 0.755. The van der Waals surface area contributed by atoms with Gasteiger partial charge in [-0.05, 0) is 24.1 Å². The molecule has 0 unspecified atom stereocenters. The lowest BCUT2D eigenvalue weighted by Crippen LogP contribution is -2.00. The second-order valence-electron chi connectivity index (χ2n) is 2.25. The number of anilines is 1. The van der Waals surface area contributed by atoms with Crippen LogP contribution in [0.5, 0.6) is 0 Å². The minimum atomic E-state index is 0. The summed E-state index contributed by atoms with van der Waals surface area (Å²) in [5.41, 5.74) is 12.9. The third-order valence-corrected chi connectivity index (χ3v) is 1.41. The molecule has 0 atom stereocenters. The quantitative estimate of drug-likeness (QED) is 0.662. The number of nitrogens with two attached hydrogens (primary N) is 2. The molecule has 1 heterocycles. The molecule has 0 bridgehead atoms. The molecule has 0 spiro atoms. The normalized spacial score (nSPS) is 8.91. The average Bonchev–Trinajstić information content (AvgIpc) is 1.95. The number of hydrogen-bond acceptors (Lipinski definition) is 3. The molecular formula is C7H12ClN3. The van der Waals surface area contributed by atoms with Gasteiger partial charge in [0.05, 0.1) is 0 Å². The summed E-state index contributed by atoms with van der Waals surface area (Å²) in [4.78, 5) is 3.95. The Hall–Kier alpha value is -0.800. The zero-order valence-corrected chi connectivity index (χ0v) is 7.19. The maximum atomic E-state index is 5.49. The van der Waals surface area contributed by atoms with Crippen LogP contribution in [0.25, 0.3) is 0 Å². The molecule has 0 aromatic carbocycles. The van der Waals surface area contributed by atoms with Crippen LogP contribution in [0.15, 0.2) is 12.3 Å². The zero-order valence-electron chi connectivity index (χ0n) is 6.37. The van der Waals surface area contributed by atoms with Crippen LogP contribution in [0.3, 0.4) is 0 Å². The number of hydrogen-bond donors (Lipinski definition) is 2. The van der Waals surface area contributed by atoms with Crippen LogP contribution in [0.1, 0.15) is 11.1 Å². The fraction of sp³-hybridized carbons (Fsp3) is 0.286. The van der Waals surface area contributed by atoms with Gasteiger partial charge in [-0.25, -0.2) is 4.98 Å². The van der Waals surface area contributed by atoms with Crippen LogP contribution in [0.2, 0.25) is 0 Å². The molecule has 0 saturated carbocycles. The molecule has 3 nitrogen and oxygen atoms in total. The summed E-state index contributed by atoms with van der Waals surface area (Å²) in [6, 6.07) is 1.95. The Morgan fingerprint density at radius 1 is 1.55 bits per heavy atom. The Morgan fingerprint density at radius 2 is 2.18 bits per heavy atom. The van der Waals surface area contributed by atoms with E-state index in [9.17, 15) is 0 Å². The van der Waals surface area contributed by atoms with Gasteiger partial charge in [-0.15, -0.1) is 12.4 Å². The smallest absolute Gasteiger partial charge is 0.126 e. The molecule has 0 fully saturated rings. The van der Waals surface area contributed by atoms with Gasteiger partial charge in [-0.1, -0.05) is 0 Å². The number of pyridine rings is 1. The zero-order chi connectivity index (χ0) is 7.56. The summed E-state index contributed by atoms with van der Waals surface area (Å²) in [5, 5.41) is 0. The maximum absolute atomic E-state index is 5.49. The number of nitrogen functional groups attached to an aromatic ring is 1. The summed E-state index contributed by atoms with van der Waals surface area (Å²) in [6.45, 7) is 2.44. The number of aromatic nitrogens is 1. The van der Waals surface area contributed by atoms with Crippen LogP contribution in [0.4, 0.5) is 5.82 Å². The lowest BCUT2D eigenvalue weighted by atomic mass is 10.2. The van der Waals surface area contributed by atoms with Crippen LogP contribution in [-0.2, 0) is 6.54 Å². The Morgan fingerprint density at radius 3 is 2.64 bits per heavy atom. The van der Waals surface area contributed by atoms with Crippen LogP contribution in [0, 0.1) is 6.92 Å². The fourth-order valence-electron chi connectivity index (χ4n) is 0.755. The summed E-state index contributed by atoms with van der Waals surface area (Å²) < 4.78 is 0. The van der Waals surface area contributed by atoms with Crippen molar-refractivity contribution < 1.29 is 0 Å².